The summed E-state index contributed by atoms with van der Waals surface area (Å²) in [4.78, 5) is 41.7. The molecular weight excluding hydrogens is 306 g/mol. The molecule has 1 aromatic rings. The summed E-state index contributed by atoms with van der Waals surface area (Å²) >= 11 is 4.66. The lowest BCUT2D eigenvalue weighted by molar-refractivity contribution is 0.183. The summed E-state index contributed by atoms with van der Waals surface area (Å²) in [7, 11) is -10.1. The molecule has 1 aromatic heterocycles. The molecule has 0 saturated carbocycles. The summed E-state index contributed by atoms with van der Waals surface area (Å²) in [5.74, 6) is -2.56. The van der Waals surface area contributed by atoms with Gasteiger partial charge in [0.2, 0.25) is 0 Å². The zero-order chi connectivity index (χ0) is 14.1. The molecule has 102 valence electrons. The second-order valence-electron chi connectivity index (χ2n) is 3.37. The van der Waals surface area contributed by atoms with E-state index < -0.39 is 32.4 Å². The van der Waals surface area contributed by atoms with Crippen LogP contribution in [0.25, 0.3) is 0 Å². The summed E-state index contributed by atoms with van der Waals surface area (Å²) in [6.45, 7) is 0. The largest absolute Gasteiger partial charge is 0.379 e. The van der Waals surface area contributed by atoms with Crippen LogP contribution in [0.2, 0.25) is 0 Å². The van der Waals surface area contributed by atoms with E-state index in [-0.39, 0.29) is 4.64 Å². The Balaban J connectivity index is 3.32. The van der Waals surface area contributed by atoms with Gasteiger partial charge in [0, 0.05) is 6.20 Å². The lowest BCUT2D eigenvalue weighted by Gasteiger charge is -2.23. The molecule has 0 bridgehead atoms. The Labute approximate surface area is 106 Å². The van der Waals surface area contributed by atoms with E-state index in [1.807, 2.05) is 0 Å². The minimum atomic E-state index is -5.10. The topological polar surface area (TPSA) is 164 Å². The highest BCUT2D eigenvalue weighted by Gasteiger charge is 2.46. The fourth-order valence-electron chi connectivity index (χ4n) is 1.20. The van der Waals surface area contributed by atoms with E-state index in [1.165, 1.54) is 0 Å². The minimum Gasteiger partial charge on any atom is -0.379 e. The van der Waals surface area contributed by atoms with Crippen LogP contribution in [0.3, 0.4) is 0 Å². The maximum absolute atomic E-state index is 11.2. The van der Waals surface area contributed by atoms with Crippen LogP contribution in [0.15, 0.2) is 12.4 Å². The normalized spacial score (nSPS) is 16.3. The molecule has 0 amide bonds. The van der Waals surface area contributed by atoms with Gasteiger partial charge in [-0.05, 0) is 0 Å². The van der Waals surface area contributed by atoms with Gasteiger partial charge in [-0.15, -0.1) is 0 Å². The van der Waals surface area contributed by atoms with Crippen molar-refractivity contribution in [1.82, 2.24) is 9.97 Å². The van der Waals surface area contributed by atoms with Gasteiger partial charge in [0.05, 0.1) is 11.9 Å². The van der Waals surface area contributed by atoms with Crippen molar-refractivity contribution >= 4 is 27.4 Å². The van der Waals surface area contributed by atoms with Crippen LogP contribution in [0.4, 0.5) is 0 Å². The van der Waals surface area contributed by atoms with E-state index in [4.69, 9.17) is 19.6 Å². The molecule has 0 aliphatic rings. The quantitative estimate of drug-likeness (QED) is 0.327. The summed E-state index contributed by atoms with van der Waals surface area (Å²) in [5, 5.41) is 9.37. The first kappa shape index (κ1) is 15.6. The number of nitrogens with one attached hydrogen (secondary N) is 1. The average molecular weight is 316 g/mol. The molecule has 2 unspecified atom stereocenters. The zero-order valence-corrected chi connectivity index (χ0v) is 11.2. The maximum Gasteiger partial charge on any atom is 0.355 e. The molecule has 0 aliphatic heterocycles. The van der Waals surface area contributed by atoms with Gasteiger partial charge in [0.1, 0.15) is 10.3 Å². The predicted molar refractivity (Wildman–Crippen MR) is 62.3 cm³/mol. The number of hydrogen-bond acceptors (Lipinski definition) is 5. The second-order valence-corrected chi connectivity index (χ2v) is 7.25. The zero-order valence-electron chi connectivity index (χ0n) is 8.61. The van der Waals surface area contributed by atoms with Crippen LogP contribution in [-0.4, -0.2) is 40.5 Å². The molecular formula is C6H10N2O7P2S. The van der Waals surface area contributed by atoms with Crippen LogP contribution in [0.5, 0.6) is 0 Å². The molecule has 12 heteroatoms. The number of hydrogen-bond donors (Lipinski definition) is 6. The molecule has 6 N–H and O–H groups in total. The van der Waals surface area contributed by atoms with Crippen molar-refractivity contribution < 1.29 is 33.8 Å². The standard InChI is InChI=1S/C6H10N2O7P2S/c9-6(17(13,14)15)5(16(10,11)12)3-1-8-4(18)2-7-3/h1-2,5-6,9H,(H,8,18)(H2,10,11,12)(H2,13,14,15). The van der Waals surface area contributed by atoms with Crippen LogP contribution in [-0.2, 0) is 9.13 Å². The molecule has 0 radical (unpaired) electrons. The highest BCUT2D eigenvalue weighted by molar-refractivity contribution is 7.71. The van der Waals surface area contributed by atoms with Crippen molar-refractivity contribution in [3.05, 3.63) is 22.7 Å². The summed E-state index contributed by atoms with van der Waals surface area (Å²) < 4.78 is 22.3. The SMILES string of the molecule is O=P(O)(O)C(O)C(c1c[nH]c(=S)cn1)P(=O)(O)O. The minimum absolute atomic E-state index is 0.161. The van der Waals surface area contributed by atoms with Crippen LogP contribution in [0.1, 0.15) is 11.4 Å². The number of rotatable bonds is 4. The first-order valence-electron chi connectivity index (χ1n) is 4.36. The molecule has 1 heterocycles. The second kappa shape index (κ2) is 5.28. The first-order valence-corrected chi connectivity index (χ1v) is 8.14. The molecule has 0 fully saturated rings. The van der Waals surface area contributed by atoms with Crippen LogP contribution in [0, 0.1) is 4.64 Å². The fourth-order valence-corrected chi connectivity index (χ4v) is 3.70. The highest BCUT2D eigenvalue weighted by atomic mass is 32.1. The number of aromatic amines is 1. The molecule has 9 nitrogen and oxygen atoms in total. The van der Waals surface area contributed by atoms with Gasteiger partial charge in [-0.3, -0.25) is 14.1 Å². The fraction of sp³-hybridized carbons (Fsp3) is 0.333. The molecule has 2 atom stereocenters. The molecule has 18 heavy (non-hydrogen) atoms. The van der Waals surface area contributed by atoms with Crippen molar-refractivity contribution in [1.29, 1.82) is 0 Å². The van der Waals surface area contributed by atoms with Gasteiger partial charge < -0.3 is 29.7 Å². The van der Waals surface area contributed by atoms with Gasteiger partial charge in [-0.2, -0.15) is 0 Å². The Hall–Kier alpha value is -0.440. The number of H-pyrrole nitrogens is 1. The number of aliphatic hydroxyl groups excluding tert-OH is 1. The third kappa shape index (κ3) is 3.78. The first-order chi connectivity index (χ1) is 8.03. The van der Waals surface area contributed by atoms with E-state index in [0.717, 1.165) is 12.4 Å². The average Bonchev–Trinajstić information content (AvgIpc) is 2.17. The smallest absolute Gasteiger partial charge is 0.355 e. The van der Waals surface area contributed by atoms with E-state index in [0.29, 0.717) is 0 Å². The maximum atomic E-state index is 11.2. The molecule has 0 aliphatic carbocycles. The van der Waals surface area contributed by atoms with Gasteiger partial charge in [0.25, 0.3) is 0 Å². The number of aromatic nitrogens is 2. The van der Waals surface area contributed by atoms with E-state index >= 15 is 0 Å². The summed E-state index contributed by atoms with van der Waals surface area (Å²) in [5.41, 5.74) is -2.53. The van der Waals surface area contributed by atoms with E-state index in [2.05, 4.69) is 22.2 Å². The van der Waals surface area contributed by atoms with Gasteiger partial charge in [-0.25, -0.2) is 0 Å². The lowest BCUT2D eigenvalue weighted by atomic mass is 10.3. The monoisotopic (exact) mass is 316 g/mol. The van der Waals surface area contributed by atoms with E-state index in [9.17, 15) is 14.2 Å². The molecule has 0 spiro atoms. The van der Waals surface area contributed by atoms with Crippen molar-refractivity contribution in [2.24, 2.45) is 0 Å². The van der Waals surface area contributed by atoms with Crippen molar-refractivity contribution in [3.63, 3.8) is 0 Å². The van der Waals surface area contributed by atoms with Crippen molar-refractivity contribution in [2.45, 2.75) is 11.5 Å². The number of nitrogens with zero attached hydrogens (tertiary/aromatic N) is 1. The van der Waals surface area contributed by atoms with Crippen molar-refractivity contribution in [3.8, 4) is 0 Å². The molecule has 0 aromatic carbocycles. The third-order valence-electron chi connectivity index (χ3n) is 1.99. The molecule has 0 saturated heterocycles. The Kier molecular flexibility index (Phi) is 4.58. The third-order valence-corrected chi connectivity index (χ3v) is 4.70. The Morgan fingerprint density at radius 3 is 2.11 bits per heavy atom. The Morgan fingerprint density at radius 2 is 1.78 bits per heavy atom. The van der Waals surface area contributed by atoms with Gasteiger partial charge in [-0.1, -0.05) is 12.2 Å². The Bertz CT molecular complexity index is 557. The van der Waals surface area contributed by atoms with Crippen LogP contribution < -0.4 is 0 Å². The van der Waals surface area contributed by atoms with Crippen molar-refractivity contribution in [2.75, 3.05) is 0 Å². The molecule has 1 rings (SSSR count). The Morgan fingerprint density at radius 1 is 1.22 bits per heavy atom. The summed E-state index contributed by atoms with van der Waals surface area (Å²) in [6.07, 6.45) is 2.02. The highest BCUT2D eigenvalue weighted by Crippen LogP contribution is 2.60. The van der Waals surface area contributed by atoms with E-state index in [1.54, 1.807) is 0 Å². The summed E-state index contributed by atoms with van der Waals surface area (Å²) in [6, 6.07) is 0. The lowest BCUT2D eigenvalue weighted by Crippen LogP contribution is -2.20. The number of aliphatic hydroxyl groups is 1. The van der Waals surface area contributed by atoms with Gasteiger partial charge in [0.15, 0.2) is 5.85 Å². The predicted octanol–water partition coefficient (Wildman–Crippen LogP) is -0.146. The van der Waals surface area contributed by atoms with Crippen LogP contribution >= 0.6 is 27.4 Å². The van der Waals surface area contributed by atoms with Gasteiger partial charge >= 0.3 is 15.2 Å².